The maximum atomic E-state index is 11.0. The van der Waals surface area contributed by atoms with Gasteiger partial charge in [-0.1, -0.05) is 0 Å². The Labute approximate surface area is 96.3 Å². The van der Waals surface area contributed by atoms with E-state index in [2.05, 4.69) is 15.0 Å². The van der Waals surface area contributed by atoms with Gasteiger partial charge in [-0.2, -0.15) is 0 Å². The summed E-state index contributed by atoms with van der Waals surface area (Å²) >= 11 is 0. The number of nitrogens with two attached hydrogens (primary N) is 1. The molecule has 2 heterocycles. The summed E-state index contributed by atoms with van der Waals surface area (Å²) in [6, 6.07) is 8.68. The third-order valence-electron chi connectivity index (χ3n) is 2.56. The lowest BCUT2D eigenvalue weighted by atomic mass is 10.3. The highest BCUT2D eigenvalue weighted by Gasteiger charge is 2.05. The molecule has 4 N–H and O–H groups in total. The minimum absolute atomic E-state index is 0.130. The normalized spacial score (nSPS) is 10.8. The number of nitrogens with one attached hydrogen (secondary N) is 2. The second kappa shape index (κ2) is 3.48. The summed E-state index contributed by atoms with van der Waals surface area (Å²) in [6.07, 6.45) is 1.63. The Balaban J connectivity index is 2.17. The Bertz CT molecular complexity index is 721. The summed E-state index contributed by atoms with van der Waals surface area (Å²) in [5.74, 6) is 0.710. The number of nitrogens with zero attached hydrogens (tertiary/aromatic N) is 1. The van der Waals surface area contributed by atoms with Crippen LogP contribution < -0.4 is 11.3 Å². The number of hydrogen-bond acceptors (Lipinski definition) is 3. The van der Waals surface area contributed by atoms with Crippen LogP contribution in [-0.2, 0) is 0 Å². The number of aromatic nitrogens is 3. The second-order valence-electron chi connectivity index (χ2n) is 3.80. The standard InChI is InChI=1S/C12H10N4O/c13-8-2-3-9-10(5-8)16-12(15-9)7-1-4-11(17)14-6-7/h1-6H,13H2,(H,14,17)(H,15,16). The number of aromatic amines is 2. The molecule has 1 aromatic carbocycles. The van der Waals surface area contributed by atoms with Gasteiger partial charge in [0.15, 0.2) is 0 Å². The van der Waals surface area contributed by atoms with Crippen molar-refractivity contribution >= 4 is 16.7 Å². The first-order valence-corrected chi connectivity index (χ1v) is 5.17. The average Bonchev–Trinajstić information content (AvgIpc) is 2.72. The Morgan fingerprint density at radius 2 is 2.06 bits per heavy atom. The summed E-state index contributed by atoms with van der Waals surface area (Å²) in [5.41, 5.74) is 8.82. The summed E-state index contributed by atoms with van der Waals surface area (Å²) in [4.78, 5) is 21.2. The zero-order valence-electron chi connectivity index (χ0n) is 8.90. The highest BCUT2D eigenvalue weighted by Crippen LogP contribution is 2.20. The molecule has 0 aliphatic carbocycles. The number of rotatable bonds is 1. The number of fused-ring (bicyclic) bond motifs is 1. The second-order valence-corrected chi connectivity index (χ2v) is 3.80. The fourth-order valence-corrected chi connectivity index (χ4v) is 1.72. The molecule has 0 bridgehead atoms. The van der Waals surface area contributed by atoms with Crippen molar-refractivity contribution in [2.45, 2.75) is 0 Å². The molecule has 17 heavy (non-hydrogen) atoms. The quantitative estimate of drug-likeness (QED) is 0.549. The molecule has 0 fully saturated rings. The van der Waals surface area contributed by atoms with Crippen molar-refractivity contribution in [3.63, 3.8) is 0 Å². The molecule has 0 amide bonds. The van der Waals surface area contributed by atoms with E-state index in [1.165, 1.54) is 6.07 Å². The molecule has 84 valence electrons. The highest BCUT2D eigenvalue weighted by molar-refractivity contribution is 5.82. The molecule has 5 nitrogen and oxygen atoms in total. The zero-order chi connectivity index (χ0) is 11.8. The smallest absolute Gasteiger partial charge is 0.247 e. The number of pyridine rings is 1. The van der Waals surface area contributed by atoms with Gasteiger partial charge < -0.3 is 15.7 Å². The predicted octanol–water partition coefficient (Wildman–Crippen LogP) is 1.50. The van der Waals surface area contributed by atoms with E-state index in [1.54, 1.807) is 18.3 Å². The molecular weight excluding hydrogens is 216 g/mol. The molecule has 0 atom stereocenters. The molecule has 5 heteroatoms. The van der Waals surface area contributed by atoms with Crippen LogP contribution in [-0.4, -0.2) is 15.0 Å². The Hall–Kier alpha value is -2.56. The van der Waals surface area contributed by atoms with Crippen LogP contribution >= 0.6 is 0 Å². The van der Waals surface area contributed by atoms with Gasteiger partial charge in [0.25, 0.3) is 0 Å². The fourth-order valence-electron chi connectivity index (χ4n) is 1.72. The van der Waals surface area contributed by atoms with Crippen molar-refractivity contribution in [3.05, 3.63) is 46.9 Å². The lowest BCUT2D eigenvalue weighted by Gasteiger charge is -1.93. The van der Waals surface area contributed by atoms with Gasteiger partial charge in [0.1, 0.15) is 5.82 Å². The first kappa shape index (κ1) is 9.65. The van der Waals surface area contributed by atoms with Gasteiger partial charge in [0.2, 0.25) is 5.56 Å². The number of imidazole rings is 1. The van der Waals surface area contributed by atoms with Crippen LogP contribution in [0, 0.1) is 0 Å². The molecule has 0 radical (unpaired) electrons. The van der Waals surface area contributed by atoms with Gasteiger partial charge in [-0.25, -0.2) is 4.98 Å². The van der Waals surface area contributed by atoms with Crippen LogP contribution in [0.25, 0.3) is 22.4 Å². The maximum absolute atomic E-state index is 11.0. The van der Waals surface area contributed by atoms with Crippen molar-refractivity contribution in [1.82, 2.24) is 15.0 Å². The number of nitrogen functional groups attached to an aromatic ring is 1. The summed E-state index contributed by atoms with van der Waals surface area (Å²) < 4.78 is 0. The van der Waals surface area contributed by atoms with Crippen LogP contribution in [0.15, 0.2) is 41.3 Å². The molecule has 2 aromatic heterocycles. The van der Waals surface area contributed by atoms with E-state index in [-0.39, 0.29) is 5.56 Å². The van der Waals surface area contributed by atoms with Crippen molar-refractivity contribution in [1.29, 1.82) is 0 Å². The van der Waals surface area contributed by atoms with Crippen LogP contribution in [0.1, 0.15) is 0 Å². The molecule has 0 saturated carbocycles. The fraction of sp³-hybridized carbons (Fsp3) is 0. The largest absolute Gasteiger partial charge is 0.399 e. The molecular formula is C12H10N4O. The average molecular weight is 226 g/mol. The van der Waals surface area contributed by atoms with Crippen molar-refractivity contribution < 1.29 is 0 Å². The van der Waals surface area contributed by atoms with Crippen molar-refractivity contribution in [2.75, 3.05) is 5.73 Å². The van der Waals surface area contributed by atoms with Gasteiger partial charge in [-0.15, -0.1) is 0 Å². The van der Waals surface area contributed by atoms with E-state index in [0.29, 0.717) is 11.5 Å². The summed E-state index contributed by atoms with van der Waals surface area (Å²) in [6.45, 7) is 0. The van der Waals surface area contributed by atoms with Crippen molar-refractivity contribution in [3.8, 4) is 11.4 Å². The van der Waals surface area contributed by atoms with E-state index in [4.69, 9.17) is 5.73 Å². The first-order valence-electron chi connectivity index (χ1n) is 5.17. The van der Waals surface area contributed by atoms with E-state index in [9.17, 15) is 4.79 Å². The maximum Gasteiger partial charge on any atom is 0.247 e. The molecule has 0 saturated heterocycles. The topological polar surface area (TPSA) is 87.6 Å². The minimum Gasteiger partial charge on any atom is -0.399 e. The van der Waals surface area contributed by atoms with Crippen LogP contribution in [0.5, 0.6) is 0 Å². The first-order chi connectivity index (χ1) is 8.22. The molecule has 0 aliphatic rings. The Morgan fingerprint density at radius 1 is 1.18 bits per heavy atom. The number of anilines is 1. The number of benzene rings is 1. The molecule has 3 rings (SSSR count). The van der Waals surface area contributed by atoms with Crippen LogP contribution in [0.3, 0.4) is 0 Å². The number of H-pyrrole nitrogens is 2. The van der Waals surface area contributed by atoms with E-state index >= 15 is 0 Å². The van der Waals surface area contributed by atoms with Gasteiger partial charge in [-0.3, -0.25) is 4.79 Å². The molecule has 0 aliphatic heterocycles. The van der Waals surface area contributed by atoms with E-state index in [0.717, 1.165) is 16.6 Å². The molecule has 3 aromatic rings. The Morgan fingerprint density at radius 3 is 2.82 bits per heavy atom. The number of hydrogen-bond donors (Lipinski definition) is 3. The Kier molecular flexibility index (Phi) is 1.98. The third kappa shape index (κ3) is 1.67. The van der Waals surface area contributed by atoms with Crippen molar-refractivity contribution in [2.24, 2.45) is 0 Å². The van der Waals surface area contributed by atoms with Gasteiger partial charge in [0, 0.05) is 23.5 Å². The summed E-state index contributed by atoms with van der Waals surface area (Å²) in [5, 5.41) is 0. The van der Waals surface area contributed by atoms with E-state index in [1.807, 2.05) is 12.1 Å². The SMILES string of the molecule is Nc1ccc2nc(-c3ccc(=O)[nH]c3)[nH]c2c1. The molecule has 0 unspecified atom stereocenters. The van der Waals surface area contributed by atoms with Crippen LogP contribution in [0.2, 0.25) is 0 Å². The van der Waals surface area contributed by atoms with E-state index < -0.39 is 0 Å². The minimum atomic E-state index is -0.130. The monoisotopic (exact) mass is 226 g/mol. The van der Waals surface area contributed by atoms with Gasteiger partial charge in [-0.05, 0) is 24.3 Å². The van der Waals surface area contributed by atoms with Gasteiger partial charge >= 0.3 is 0 Å². The zero-order valence-corrected chi connectivity index (χ0v) is 8.90. The highest BCUT2D eigenvalue weighted by atomic mass is 16.1. The van der Waals surface area contributed by atoms with Gasteiger partial charge in [0.05, 0.1) is 11.0 Å². The lowest BCUT2D eigenvalue weighted by molar-refractivity contribution is 1.22. The van der Waals surface area contributed by atoms with Crippen LogP contribution in [0.4, 0.5) is 5.69 Å². The lowest BCUT2D eigenvalue weighted by Crippen LogP contribution is -2.01. The summed E-state index contributed by atoms with van der Waals surface area (Å²) in [7, 11) is 0. The molecule has 0 spiro atoms. The predicted molar refractivity (Wildman–Crippen MR) is 66.6 cm³/mol. The third-order valence-corrected chi connectivity index (χ3v) is 2.56.